The molecule has 5 heteroatoms. The number of hydrogen-bond donors (Lipinski definition) is 0. The van der Waals surface area contributed by atoms with Crippen LogP contribution < -0.4 is 0 Å². The van der Waals surface area contributed by atoms with Gasteiger partial charge in [-0.25, -0.2) is 0 Å². The van der Waals surface area contributed by atoms with Crippen LogP contribution in [0.15, 0.2) is 4.42 Å². The molecule has 0 radical (unpaired) electrons. The summed E-state index contributed by atoms with van der Waals surface area (Å²) in [6, 6.07) is 0. The molecule has 1 aliphatic carbocycles. The molecule has 3 atom stereocenters. The Morgan fingerprint density at radius 1 is 1.14 bits per heavy atom. The van der Waals surface area contributed by atoms with Crippen molar-refractivity contribution in [3.63, 3.8) is 0 Å². The van der Waals surface area contributed by atoms with Crippen molar-refractivity contribution in [2.75, 3.05) is 26.2 Å². The standard InChI is InChI=1S/C16H25N3O2/c1-11-17-18-16(21-11)14-10-20-15-9-19(8-13(14)15)7-12-5-3-2-4-6-12/h12-15H,2-10H2,1H3/t13-,14+,15-/m0/s1. The molecule has 5 nitrogen and oxygen atoms in total. The summed E-state index contributed by atoms with van der Waals surface area (Å²) in [6.45, 7) is 6.08. The average molecular weight is 291 g/mol. The Bertz CT molecular complexity index is 484. The first-order valence-electron chi connectivity index (χ1n) is 8.43. The normalized spacial score (nSPS) is 34.4. The van der Waals surface area contributed by atoms with Gasteiger partial charge in [0.1, 0.15) is 0 Å². The van der Waals surface area contributed by atoms with E-state index in [1.54, 1.807) is 0 Å². The second kappa shape index (κ2) is 5.69. The van der Waals surface area contributed by atoms with Gasteiger partial charge in [0.15, 0.2) is 0 Å². The molecule has 0 spiro atoms. The average Bonchev–Trinajstić information content (AvgIpc) is 3.15. The van der Waals surface area contributed by atoms with E-state index in [9.17, 15) is 0 Å². The second-order valence-electron chi connectivity index (χ2n) is 7.02. The van der Waals surface area contributed by atoms with Crippen LogP contribution >= 0.6 is 0 Å². The summed E-state index contributed by atoms with van der Waals surface area (Å²) in [6.07, 6.45) is 7.48. The highest BCUT2D eigenvalue weighted by Gasteiger charge is 2.46. The summed E-state index contributed by atoms with van der Waals surface area (Å²) >= 11 is 0. The van der Waals surface area contributed by atoms with E-state index in [0.717, 1.165) is 31.5 Å². The van der Waals surface area contributed by atoms with Crippen molar-refractivity contribution in [3.05, 3.63) is 11.8 Å². The van der Waals surface area contributed by atoms with Crippen molar-refractivity contribution in [2.24, 2.45) is 11.8 Å². The highest BCUT2D eigenvalue weighted by atomic mass is 16.5. The first-order valence-corrected chi connectivity index (χ1v) is 8.43. The van der Waals surface area contributed by atoms with Crippen LogP contribution in [0.4, 0.5) is 0 Å². The molecular weight excluding hydrogens is 266 g/mol. The van der Waals surface area contributed by atoms with Gasteiger partial charge >= 0.3 is 0 Å². The predicted octanol–water partition coefficient (Wildman–Crippen LogP) is 2.37. The smallest absolute Gasteiger partial charge is 0.222 e. The Labute approximate surface area is 126 Å². The van der Waals surface area contributed by atoms with Crippen molar-refractivity contribution >= 4 is 0 Å². The molecule has 3 aliphatic rings. The molecule has 0 bridgehead atoms. The summed E-state index contributed by atoms with van der Waals surface area (Å²) in [5.41, 5.74) is 0. The second-order valence-corrected chi connectivity index (χ2v) is 7.02. The van der Waals surface area contributed by atoms with E-state index < -0.39 is 0 Å². The van der Waals surface area contributed by atoms with Crippen molar-refractivity contribution in [1.82, 2.24) is 15.1 Å². The fourth-order valence-electron chi connectivity index (χ4n) is 4.39. The molecule has 2 aliphatic heterocycles. The van der Waals surface area contributed by atoms with E-state index in [0.29, 0.717) is 23.8 Å². The van der Waals surface area contributed by atoms with Gasteiger partial charge in [-0.15, -0.1) is 10.2 Å². The lowest BCUT2D eigenvalue weighted by Crippen LogP contribution is -2.30. The maximum Gasteiger partial charge on any atom is 0.222 e. The van der Waals surface area contributed by atoms with Crippen molar-refractivity contribution < 1.29 is 9.15 Å². The zero-order valence-corrected chi connectivity index (χ0v) is 12.8. The van der Waals surface area contributed by atoms with E-state index in [1.807, 2.05) is 6.92 Å². The lowest BCUT2D eigenvalue weighted by molar-refractivity contribution is 0.0928. The van der Waals surface area contributed by atoms with Crippen LogP contribution in [0.1, 0.15) is 49.8 Å². The van der Waals surface area contributed by atoms with E-state index >= 15 is 0 Å². The fraction of sp³-hybridized carbons (Fsp3) is 0.875. The molecule has 21 heavy (non-hydrogen) atoms. The molecule has 0 N–H and O–H groups in total. The number of likely N-dealkylation sites (tertiary alicyclic amines) is 1. The van der Waals surface area contributed by atoms with Crippen LogP contribution in [0.2, 0.25) is 0 Å². The highest BCUT2D eigenvalue weighted by molar-refractivity contribution is 5.05. The molecule has 2 saturated heterocycles. The number of nitrogens with zero attached hydrogens (tertiary/aromatic N) is 3. The minimum Gasteiger partial charge on any atom is -0.425 e. The number of hydrogen-bond acceptors (Lipinski definition) is 5. The Morgan fingerprint density at radius 3 is 2.76 bits per heavy atom. The maximum atomic E-state index is 6.00. The van der Waals surface area contributed by atoms with E-state index in [1.165, 1.54) is 38.6 Å². The molecule has 0 aromatic carbocycles. The van der Waals surface area contributed by atoms with Crippen LogP contribution in [0.3, 0.4) is 0 Å². The molecular formula is C16H25N3O2. The van der Waals surface area contributed by atoms with Gasteiger partial charge in [-0.3, -0.25) is 0 Å². The van der Waals surface area contributed by atoms with Crippen LogP contribution in [0.25, 0.3) is 0 Å². The van der Waals surface area contributed by atoms with Gasteiger partial charge in [0, 0.05) is 32.5 Å². The van der Waals surface area contributed by atoms with Crippen molar-refractivity contribution in [1.29, 1.82) is 0 Å². The van der Waals surface area contributed by atoms with Gasteiger partial charge in [-0.1, -0.05) is 19.3 Å². The molecule has 4 rings (SSSR count). The molecule has 0 amide bonds. The number of aromatic nitrogens is 2. The van der Waals surface area contributed by atoms with Gasteiger partial charge in [-0.05, 0) is 18.8 Å². The maximum absolute atomic E-state index is 6.00. The van der Waals surface area contributed by atoms with Gasteiger partial charge in [0.25, 0.3) is 0 Å². The Morgan fingerprint density at radius 2 is 2.00 bits per heavy atom. The van der Waals surface area contributed by atoms with Gasteiger partial charge < -0.3 is 14.1 Å². The molecule has 1 aromatic rings. The lowest BCUT2D eigenvalue weighted by Gasteiger charge is -2.27. The lowest BCUT2D eigenvalue weighted by atomic mass is 9.89. The molecule has 116 valence electrons. The quantitative estimate of drug-likeness (QED) is 0.856. The minimum atomic E-state index is 0.299. The SMILES string of the molecule is Cc1nnc([C@@H]2CO[C@H]3CN(CC4CCCCC4)C[C@H]32)o1. The van der Waals surface area contributed by atoms with Crippen LogP contribution in [0.5, 0.6) is 0 Å². The van der Waals surface area contributed by atoms with Crippen molar-refractivity contribution in [2.45, 2.75) is 51.0 Å². The van der Waals surface area contributed by atoms with E-state index in [-0.39, 0.29) is 0 Å². The summed E-state index contributed by atoms with van der Waals surface area (Å²) in [4.78, 5) is 2.61. The summed E-state index contributed by atoms with van der Waals surface area (Å²) < 4.78 is 11.6. The first-order chi connectivity index (χ1) is 10.3. The summed E-state index contributed by atoms with van der Waals surface area (Å²) in [7, 11) is 0. The zero-order chi connectivity index (χ0) is 14.2. The third-order valence-corrected chi connectivity index (χ3v) is 5.49. The minimum absolute atomic E-state index is 0.299. The molecule has 1 saturated carbocycles. The summed E-state index contributed by atoms with van der Waals surface area (Å²) in [5, 5.41) is 8.19. The zero-order valence-electron chi connectivity index (χ0n) is 12.8. The Kier molecular flexibility index (Phi) is 3.71. The third kappa shape index (κ3) is 2.73. The fourth-order valence-corrected chi connectivity index (χ4v) is 4.39. The van der Waals surface area contributed by atoms with Gasteiger partial charge in [-0.2, -0.15) is 0 Å². The Hall–Kier alpha value is -0.940. The highest BCUT2D eigenvalue weighted by Crippen LogP contribution is 2.40. The Balaban J connectivity index is 1.38. The molecule has 1 aromatic heterocycles. The van der Waals surface area contributed by atoms with E-state index in [2.05, 4.69) is 15.1 Å². The van der Waals surface area contributed by atoms with Crippen LogP contribution in [-0.2, 0) is 4.74 Å². The van der Waals surface area contributed by atoms with Crippen LogP contribution in [0, 0.1) is 18.8 Å². The third-order valence-electron chi connectivity index (χ3n) is 5.49. The number of aryl methyl sites for hydroxylation is 1. The summed E-state index contributed by atoms with van der Waals surface area (Å²) in [5.74, 6) is 3.17. The first kappa shape index (κ1) is 13.7. The number of rotatable bonds is 3. The van der Waals surface area contributed by atoms with Gasteiger partial charge in [0.05, 0.1) is 18.6 Å². The predicted molar refractivity (Wildman–Crippen MR) is 78.0 cm³/mol. The number of ether oxygens (including phenoxy) is 1. The molecule has 3 heterocycles. The number of fused-ring (bicyclic) bond motifs is 1. The molecule has 0 unspecified atom stereocenters. The molecule has 3 fully saturated rings. The topological polar surface area (TPSA) is 51.4 Å². The monoisotopic (exact) mass is 291 g/mol. The van der Waals surface area contributed by atoms with Crippen LogP contribution in [-0.4, -0.2) is 47.4 Å². The van der Waals surface area contributed by atoms with E-state index in [4.69, 9.17) is 9.15 Å². The van der Waals surface area contributed by atoms with Gasteiger partial charge in [0.2, 0.25) is 11.8 Å². The van der Waals surface area contributed by atoms with Crippen molar-refractivity contribution in [3.8, 4) is 0 Å². The largest absolute Gasteiger partial charge is 0.425 e.